The van der Waals surface area contributed by atoms with Gasteiger partial charge in [-0.2, -0.15) is 0 Å². The Morgan fingerprint density at radius 1 is 1.37 bits per heavy atom. The molecule has 3 N–H and O–H groups in total. The van der Waals surface area contributed by atoms with Crippen molar-refractivity contribution in [3.05, 3.63) is 24.3 Å². The van der Waals surface area contributed by atoms with Crippen LogP contribution in [0, 0.1) is 11.8 Å². The van der Waals surface area contributed by atoms with Crippen LogP contribution in [0.25, 0.3) is 0 Å². The van der Waals surface area contributed by atoms with Crippen molar-refractivity contribution in [1.82, 2.24) is 0 Å². The molecule has 104 valence electrons. The normalized spacial score (nSPS) is 23.1. The van der Waals surface area contributed by atoms with Crippen molar-refractivity contribution in [2.24, 2.45) is 17.6 Å². The van der Waals surface area contributed by atoms with Crippen molar-refractivity contribution in [3.63, 3.8) is 0 Å². The molecule has 1 aliphatic carbocycles. The topological polar surface area (TPSA) is 66.6 Å². The van der Waals surface area contributed by atoms with Gasteiger partial charge >= 0.3 is 0 Å². The van der Waals surface area contributed by atoms with E-state index in [1.165, 1.54) is 0 Å². The molecule has 0 saturated heterocycles. The molecule has 0 radical (unpaired) electrons. The fourth-order valence-electron chi connectivity index (χ4n) is 2.75. The number of aromatic hydroxyl groups is 1. The second-order valence-corrected chi connectivity index (χ2v) is 5.37. The quantitative estimate of drug-likeness (QED) is 0.877. The predicted octanol–water partition coefficient (Wildman–Crippen LogP) is 2.12. The Bertz CT molecular complexity index is 440. The summed E-state index contributed by atoms with van der Waals surface area (Å²) in [5.74, 6) is 0.996. The van der Waals surface area contributed by atoms with Crippen molar-refractivity contribution in [2.75, 3.05) is 18.5 Å². The molecule has 2 rings (SSSR count). The summed E-state index contributed by atoms with van der Waals surface area (Å²) in [5, 5.41) is 9.47. The van der Waals surface area contributed by atoms with Gasteiger partial charge in [0.1, 0.15) is 5.75 Å². The summed E-state index contributed by atoms with van der Waals surface area (Å²) >= 11 is 0. The van der Waals surface area contributed by atoms with Gasteiger partial charge in [0.15, 0.2) is 0 Å². The third-order valence-corrected chi connectivity index (χ3v) is 4.08. The van der Waals surface area contributed by atoms with E-state index in [1.807, 2.05) is 6.07 Å². The summed E-state index contributed by atoms with van der Waals surface area (Å²) in [5.41, 5.74) is 6.41. The lowest BCUT2D eigenvalue weighted by molar-refractivity contribution is -0.123. The first-order valence-electron chi connectivity index (χ1n) is 6.88. The Labute approximate surface area is 114 Å². The van der Waals surface area contributed by atoms with Crippen molar-refractivity contribution in [3.8, 4) is 5.75 Å². The average molecular weight is 262 g/mol. The fraction of sp³-hybridized carbons (Fsp3) is 0.533. The van der Waals surface area contributed by atoms with Crippen LogP contribution in [-0.2, 0) is 4.79 Å². The molecule has 0 spiro atoms. The molecule has 1 aromatic rings. The maximum atomic E-state index is 12.4. The lowest BCUT2D eigenvalue weighted by Crippen LogP contribution is -2.35. The second kappa shape index (κ2) is 6.06. The van der Waals surface area contributed by atoms with Crippen LogP contribution in [0.2, 0.25) is 0 Å². The SMILES string of the molecule is CN(C(=O)C1CCC(CN)CC1)c1cccc(O)c1. The van der Waals surface area contributed by atoms with Crippen LogP contribution in [0.5, 0.6) is 5.75 Å². The minimum absolute atomic E-state index is 0.0927. The number of nitrogens with zero attached hydrogens (tertiary/aromatic N) is 1. The molecule has 0 aliphatic heterocycles. The van der Waals surface area contributed by atoms with E-state index in [-0.39, 0.29) is 17.6 Å². The van der Waals surface area contributed by atoms with Gasteiger partial charge in [-0.3, -0.25) is 4.79 Å². The van der Waals surface area contributed by atoms with Gasteiger partial charge in [-0.1, -0.05) is 6.07 Å². The number of nitrogens with two attached hydrogens (primary N) is 1. The predicted molar refractivity (Wildman–Crippen MR) is 76.0 cm³/mol. The molecule has 1 aliphatic rings. The zero-order valence-corrected chi connectivity index (χ0v) is 11.4. The fourth-order valence-corrected chi connectivity index (χ4v) is 2.75. The van der Waals surface area contributed by atoms with Crippen molar-refractivity contribution >= 4 is 11.6 Å². The minimum Gasteiger partial charge on any atom is -0.508 e. The standard InChI is InChI=1S/C15H22N2O2/c1-17(13-3-2-4-14(18)9-13)15(19)12-7-5-11(10-16)6-8-12/h2-4,9,11-12,18H,5-8,10,16H2,1H3. The summed E-state index contributed by atoms with van der Waals surface area (Å²) in [4.78, 5) is 14.1. The molecule has 0 atom stereocenters. The molecule has 1 aromatic carbocycles. The zero-order chi connectivity index (χ0) is 13.8. The van der Waals surface area contributed by atoms with Gasteiger partial charge in [-0.05, 0) is 50.3 Å². The van der Waals surface area contributed by atoms with Crippen LogP contribution in [0.3, 0.4) is 0 Å². The number of rotatable bonds is 3. The molecule has 19 heavy (non-hydrogen) atoms. The first kappa shape index (κ1) is 13.9. The monoisotopic (exact) mass is 262 g/mol. The van der Waals surface area contributed by atoms with E-state index in [0.29, 0.717) is 5.92 Å². The van der Waals surface area contributed by atoms with Crippen molar-refractivity contribution < 1.29 is 9.90 Å². The molecule has 1 amide bonds. The molecule has 4 nitrogen and oxygen atoms in total. The number of benzene rings is 1. The zero-order valence-electron chi connectivity index (χ0n) is 11.4. The Balaban J connectivity index is 2.00. The highest BCUT2D eigenvalue weighted by Gasteiger charge is 2.28. The van der Waals surface area contributed by atoms with Crippen LogP contribution < -0.4 is 10.6 Å². The Morgan fingerprint density at radius 2 is 2.05 bits per heavy atom. The summed E-state index contributed by atoms with van der Waals surface area (Å²) in [6.07, 6.45) is 3.93. The van der Waals surface area contributed by atoms with E-state index in [1.54, 1.807) is 30.1 Å². The van der Waals surface area contributed by atoms with Gasteiger partial charge in [0, 0.05) is 24.7 Å². The highest BCUT2D eigenvalue weighted by atomic mass is 16.3. The Hall–Kier alpha value is -1.55. The first-order valence-corrected chi connectivity index (χ1v) is 6.88. The second-order valence-electron chi connectivity index (χ2n) is 5.37. The highest BCUT2D eigenvalue weighted by Crippen LogP contribution is 2.30. The summed E-state index contributed by atoms with van der Waals surface area (Å²) in [7, 11) is 1.77. The van der Waals surface area contributed by atoms with Gasteiger partial charge in [0.2, 0.25) is 5.91 Å². The van der Waals surface area contributed by atoms with E-state index in [4.69, 9.17) is 5.73 Å². The lowest BCUT2D eigenvalue weighted by atomic mass is 9.81. The summed E-state index contributed by atoms with van der Waals surface area (Å²) in [6, 6.07) is 6.81. The number of carbonyl (C=O) groups excluding carboxylic acids is 1. The number of carbonyl (C=O) groups is 1. The summed E-state index contributed by atoms with van der Waals surface area (Å²) < 4.78 is 0. The lowest BCUT2D eigenvalue weighted by Gasteiger charge is -2.30. The molecule has 4 heteroatoms. The van der Waals surface area contributed by atoms with Crippen LogP contribution in [0.4, 0.5) is 5.69 Å². The molecule has 1 fully saturated rings. The van der Waals surface area contributed by atoms with E-state index in [0.717, 1.165) is 37.9 Å². The highest BCUT2D eigenvalue weighted by molar-refractivity contribution is 5.94. The molecule has 0 aromatic heterocycles. The smallest absolute Gasteiger partial charge is 0.229 e. The average Bonchev–Trinajstić information content (AvgIpc) is 2.46. The summed E-state index contributed by atoms with van der Waals surface area (Å²) in [6.45, 7) is 0.726. The minimum atomic E-state index is 0.0927. The van der Waals surface area contributed by atoms with Crippen LogP contribution in [0.1, 0.15) is 25.7 Å². The van der Waals surface area contributed by atoms with Crippen LogP contribution >= 0.6 is 0 Å². The Kier molecular flexibility index (Phi) is 4.43. The molecule has 0 unspecified atom stereocenters. The number of hydrogen-bond donors (Lipinski definition) is 2. The number of phenols is 1. The van der Waals surface area contributed by atoms with E-state index in [2.05, 4.69) is 0 Å². The third kappa shape index (κ3) is 3.26. The number of hydrogen-bond acceptors (Lipinski definition) is 3. The third-order valence-electron chi connectivity index (χ3n) is 4.08. The van der Waals surface area contributed by atoms with Gasteiger partial charge in [0.25, 0.3) is 0 Å². The number of amides is 1. The number of phenolic OH excluding ortho intramolecular Hbond substituents is 1. The van der Waals surface area contributed by atoms with Crippen molar-refractivity contribution in [1.29, 1.82) is 0 Å². The van der Waals surface area contributed by atoms with E-state index in [9.17, 15) is 9.90 Å². The molecule has 1 saturated carbocycles. The molecular formula is C15H22N2O2. The largest absolute Gasteiger partial charge is 0.508 e. The maximum absolute atomic E-state index is 12.4. The maximum Gasteiger partial charge on any atom is 0.229 e. The van der Waals surface area contributed by atoms with Crippen LogP contribution in [-0.4, -0.2) is 24.6 Å². The van der Waals surface area contributed by atoms with Gasteiger partial charge in [0.05, 0.1) is 0 Å². The Morgan fingerprint density at radius 3 is 2.63 bits per heavy atom. The van der Waals surface area contributed by atoms with E-state index < -0.39 is 0 Å². The molecule has 0 heterocycles. The molecule has 0 bridgehead atoms. The van der Waals surface area contributed by atoms with E-state index >= 15 is 0 Å². The van der Waals surface area contributed by atoms with Crippen molar-refractivity contribution in [2.45, 2.75) is 25.7 Å². The first-order chi connectivity index (χ1) is 9.11. The molecular weight excluding hydrogens is 240 g/mol. The van der Waals surface area contributed by atoms with Gasteiger partial charge in [-0.25, -0.2) is 0 Å². The van der Waals surface area contributed by atoms with Crippen LogP contribution in [0.15, 0.2) is 24.3 Å². The number of anilines is 1. The van der Waals surface area contributed by atoms with Gasteiger partial charge < -0.3 is 15.7 Å². The van der Waals surface area contributed by atoms with Gasteiger partial charge in [-0.15, -0.1) is 0 Å².